The summed E-state index contributed by atoms with van der Waals surface area (Å²) in [5, 5.41) is 0. The Morgan fingerprint density at radius 1 is 1.31 bits per heavy atom. The monoisotopic (exact) mass is 353 g/mol. The van der Waals surface area contributed by atoms with Gasteiger partial charge in [-0.3, -0.25) is 0 Å². The summed E-state index contributed by atoms with van der Waals surface area (Å²) >= 11 is 2.33. The smallest absolute Gasteiger partial charge is 0.0469 e. The lowest BCUT2D eigenvalue weighted by molar-refractivity contribution is 0.0584. The Hall–Kier alpha value is 0.160. The quantitative estimate of drug-likeness (QED) is 0.829. The molecule has 1 saturated heterocycles. The summed E-state index contributed by atoms with van der Waals surface area (Å²) in [6.45, 7) is 1.73. The van der Waals surface area contributed by atoms with E-state index < -0.39 is 0 Å². The van der Waals surface area contributed by atoms with Crippen LogP contribution in [0.5, 0.6) is 0 Å². The third-order valence-corrected chi connectivity index (χ3v) is 3.68. The molecule has 1 fully saturated rings. The summed E-state index contributed by atoms with van der Waals surface area (Å²) in [6, 6.07) is 8.66. The first kappa shape index (κ1) is 14.2. The lowest BCUT2D eigenvalue weighted by Crippen LogP contribution is -2.27. The van der Waals surface area contributed by atoms with Gasteiger partial charge in [-0.05, 0) is 59.0 Å². The maximum atomic E-state index is 6.28. The minimum atomic E-state index is 0. The van der Waals surface area contributed by atoms with Crippen molar-refractivity contribution in [1.82, 2.24) is 0 Å². The summed E-state index contributed by atoms with van der Waals surface area (Å²) in [5.74, 6) is 0.581. The number of ether oxygens (including phenoxy) is 1. The van der Waals surface area contributed by atoms with Crippen molar-refractivity contribution in [2.45, 2.75) is 18.9 Å². The normalized spacial score (nSPS) is 18.9. The van der Waals surface area contributed by atoms with E-state index >= 15 is 0 Å². The molecular weight excluding hydrogens is 336 g/mol. The molecule has 0 aliphatic carbocycles. The Balaban J connectivity index is 0.00000128. The van der Waals surface area contributed by atoms with Crippen LogP contribution in [0.3, 0.4) is 0 Å². The number of hydrogen-bond acceptors (Lipinski definition) is 2. The zero-order valence-electron chi connectivity index (χ0n) is 9.06. The molecule has 0 amide bonds. The van der Waals surface area contributed by atoms with Crippen LogP contribution in [0.2, 0.25) is 0 Å². The van der Waals surface area contributed by atoms with Crippen molar-refractivity contribution >= 4 is 35.0 Å². The summed E-state index contributed by atoms with van der Waals surface area (Å²) in [7, 11) is 0. The van der Waals surface area contributed by atoms with Crippen molar-refractivity contribution in [3.05, 3.63) is 33.4 Å². The van der Waals surface area contributed by atoms with Gasteiger partial charge < -0.3 is 10.5 Å². The predicted molar refractivity (Wildman–Crippen MR) is 76.9 cm³/mol. The van der Waals surface area contributed by atoms with Gasteiger partial charge >= 0.3 is 0 Å². The first-order chi connectivity index (χ1) is 7.27. The molecule has 2 N–H and O–H groups in total. The van der Waals surface area contributed by atoms with Crippen LogP contribution in [0.25, 0.3) is 0 Å². The molecule has 90 valence electrons. The van der Waals surface area contributed by atoms with Gasteiger partial charge in [0.2, 0.25) is 0 Å². The van der Waals surface area contributed by atoms with E-state index in [-0.39, 0.29) is 18.4 Å². The molecule has 1 heterocycles. The maximum Gasteiger partial charge on any atom is 0.0469 e. The fourth-order valence-corrected chi connectivity index (χ4v) is 2.63. The number of benzene rings is 1. The van der Waals surface area contributed by atoms with E-state index in [1.165, 1.54) is 9.13 Å². The second-order valence-corrected chi connectivity index (χ2v) is 5.28. The molecule has 0 radical (unpaired) electrons. The van der Waals surface area contributed by atoms with Crippen LogP contribution in [0.1, 0.15) is 24.4 Å². The van der Waals surface area contributed by atoms with E-state index in [2.05, 4.69) is 46.9 Å². The van der Waals surface area contributed by atoms with Crippen molar-refractivity contribution in [3.63, 3.8) is 0 Å². The first-order valence-corrected chi connectivity index (χ1v) is 6.44. The fraction of sp³-hybridized carbons (Fsp3) is 0.500. The van der Waals surface area contributed by atoms with Crippen LogP contribution in [-0.2, 0) is 4.74 Å². The summed E-state index contributed by atoms with van der Waals surface area (Å²) in [4.78, 5) is 0. The maximum absolute atomic E-state index is 6.28. The van der Waals surface area contributed by atoms with Gasteiger partial charge in [0.15, 0.2) is 0 Å². The van der Waals surface area contributed by atoms with Gasteiger partial charge in [-0.25, -0.2) is 0 Å². The van der Waals surface area contributed by atoms with Crippen molar-refractivity contribution in [3.8, 4) is 0 Å². The van der Waals surface area contributed by atoms with E-state index in [0.717, 1.165) is 26.1 Å². The Morgan fingerprint density at radius 2 is 2.00 bits per heavy atom. The molecule has 0 unspecified atom stereocenters. The third-order valence-electron chi connectivity index (χ3n) is 3.01. The van der Waals surface area contributed by atoms with Gasteiger partial charge in [-0.2, -0.15) is 0 Å². The zero-order valence-corrected chi connectivity index (χ0v) is 12.0. The van der Waals surface area contributed by atoms with Crippen LogP contribution in [-0.4, -0.2) is 13.2 Å². The topological polar surface area (TPSA) is 35.2 Å². The number of nitrogens with two attached hydrogens (primary N) is 1. The van der Waals surface area contributed by atoms with Gasteiger partial charge in [-0.1, -0.05) is 12.1 Å². The number of hydrogen-bond donors (Lipinski definition) is 1. The van der Waals surface area contributed by atoms with Crippen LogP contribution in [0.4, 0.5) is 0 Å². The molecule has 4 heteroatoms. The van der Waals surface area contributed by atoms with Crippen LogP contribution in [0.15, 0.2) is 24.3 Å². The van der Waals surface area contributed by atoms with Crippen LogP contribution < -0.4 is 5.73 Å². The molecule has 1 aliphatic heterocycles. The summed E-state index contributed by atoms with van der Waals surface area (Å²) < 4.78 is 6.61. The average Bonchev–Trinajstić information content (AvgIpc) is 2.29. The highest BCUT2D eigenvalue weighted by Gasteiger charge is 2.22. The Bertz CT molecular complexity index is 329. The average molecular weight is 354 g/mol. The predicted octanol–water partition coefficient (Wildman–Crippen LogP) is 3.14. The molecule has 1 atom stereocenters. The van der Waals surface area contributed by atoms with E-state index in [0.29, 0.717) is 5.92 Å². The molecule has 0 saturated carbocycles. The van der Waals surface area contributed by atoms with Gasteiger partial charge in [0.1, 0.15) is 0 Å². The number of rotatable bonds is 2. The Morgan fingerprint density at radius 3 is 2.62 bits per heavy atom. The van der Waals surface area contributed by atoms with Gasteiger partial charge in [0.25, 0.3) is 0 Å². The second-order valence-electron chi connectivity index (χ2n) is 4.03. The molecule has 0 aromatic heterocycles. The molecule has 1 aliphatic rings. The highest BCUT2D eigenvalue weighted by molar-refractivity contribution is 14.1. The zero-order chi connectivity index (χ0) is 10.7. The summed E-state index contributed by atoms with van der Waals surface area (Å²) in [5.41, 5.74) is 7.54. The second kappa shape index (κ2) is 6.79. The van der Waals surface area contributed by atoms with Gasteiger partial charge in [-0.15, -0.1) is 12.4 Å². The van der Waals surface area contributed by atoms with Crippen molar-refractivity contribution in [2.24, 2.45) is 11.7 Å². The van der Waals surface area contributed by atoms with Crippen molar-refractivity contribution in [2.75, 3.05) is 13.2 Å². The van der Waals surface area contributed by atoms with Gasteiger partial charge in [0, 0.05) is 22.8 Å². The molecule has 2 rings (SSSR count). The highest BCUT2D eigenvalue weighted by Crippen LogP contribution is 2.28. The molecule has 1 aromatic carbocycles. The van der Waals surface area contributed by atoms with Crippen molar-refractivity contribution in [1.29, 1.82) is 0 Å². The van der Waals surface area contributed by atoms with Crippen LogP contribution >= 0.6 is 35.0 Å². The molecule has 1 aromatic rings. The van der Waals surface area contributed by atoms with Crippen molar-refractivity contribution < 1.29 is 4.74 Å². The minimum absolute atomic E-state index is 0. The fourth-order valence-electron chi connectivity index (χ4n) is 2.06. The molecule has 16 heavy (non-hydrogen) atoms. The molecular formula is C12H17ClINO. The number of halogens is 2. The summed E-state index contributed by atoms with van der Waals surface area (Å²) in [6.07, 6.45) is 2.18. The highest BCUT2D eigenvalue weighted by atomic mass is 127. The molecule has 2 nitrogen and oxygen atoms in total. The first-order valence-electron chi connectivity index (χ1n) is 5.36. The SMILES string of the molecule is Cl.N[C@@H](c1cccc(I)c1)C1CCOCC1. The van der Waals surface area contributed by atoms with E-state index in [9.17, 15) is 0 Å². The third kappa shape index (κ3) is 3.58. The van der Waals surface area contributed by atoms with Gasteiger partial charge in [0.05, 0.1) is 0 Å². The lowest BCUT2D eigenvalue weighted by atomic mass is 9.88. The Labute approximate surface area is 116 Å². The van der Waals surface area contributed by atoms with E-state index in [1.807, 2.05) is 0 Å². The largest absolute Gasteiger partial charge is 0.381 e. The molecule has 0 spiro atoms. The minimum Gasteiger partial charge on any atom is -0.381 e. The van der Waals surface area contributed by atoms with Crippen LogP contribution in [0, 0.1) is 9.49 Å². The lowest BCUT2D eigenvalue weighted by Gasteiger charge is -2.27. The standard InChI is InChI=1S/C12H16INO.ClH/c13-11-3-1-2-10(8-11)12(14)9-4-6-15-7-5-9;/h1-3,8-9,12H,4-7,14H2;1H/t12-;/m1./s1. The Kier molecular flexibility index (Phi) is 6.03. The molecule has 0 bridgehead atoms. The van der Waals surface area contributed by atoms with E-state index in [1.54, 1.807) is 0 Å². The van der Waals surface area contributed by atoms with E-state index in [4.69, 9.17) is 10.5 Å².